The van der Waals surface area contributed by atoms with Crippen LogP contribution in [0.25, 0.3) is 0 Å². The van der Waals surface area contributed by atoms with E-state index >= 15 is 0 Å². The molecule has 1 N–H and O–H groups in total. The Kier molecular flexibility index (Phi) is 6.00. The van der Waals surface area contributed by atoms with Crippen LogP contribution < -0.4 is 10.1 Å². The van der Waals surface area contributed by atoms with Gasteiger partial charge in [-0.15, -0.1) is 0 Å². The molecule has 1 aliphatic rings. The highest BCUT2D eigenvalue weighted by molar-refractivity contribution is 5.26. The first-order valence-corrected chi connectivity index (χ1v) is 8.07. The van der Waals surface area contributed by atoms with E-state index in [1.54, 1.807) is 7.11 Å². The van der Waals surface area contributed by atoms with Crippen molar-refractivity contribution >= 4 is 0 Å². The fourth-order valence-corrected chi connectivity index (χ4v) is 2.98. The zero-order chi connectivity index (χ0) is 15.2. The van der Waals surface area contributed by atoms with Gasteiger partial charge in [0.25, 0.3) is 0 Å². The molecule has 0 radical (unpaired) electrons. The Hall–Kier alpha value is -1.13. The molecule has 1 aliphatic heterocycles. The number of aromatic nitrogens is 1. The van der Waals surface area contributed by atoms with E-state index in [1.165, 1.54) is 25.8 Å². The summed E-state index contributed by atoms with van der Waals surface area (Å²) < 4.78 is 5.36. The quantitative estimate of drug-likeness (QED) is 0.874. The molecule has 0 spiro atoms. The number of nitrogens with one attached hydrogen (secondary N) is 1. The second kappa shape index (κ2) is 7.76. The van der Waals surface area contributed by atoms with Gasteiger partial charge in [-0.3, -0.25) is 9.88 Å². The first-order valence-electron chi connectivity index (χ1n) is 8.07. The third-order valence-corrected chi connectivity index (χ3v) is 4.09. The molecule has 1 atom stereocenters. The van der Waals surface area contributed by atoms with Crippen LogP contribution in [0.1, 0.15) is 44.5 Å². The highest BCUT2D eigenvalue weighted by Gasteiger charge is 2.23. The Bertz CT molecular complexity index is 448. The van der Waals surface area contributed by atoms with Crippen molar-refractivity contribution in [2.24, 2.45) is 0 Å². The summed E-state index contributed by atoms with van der Waals surface area (Å²) in [5, 5.41) is 3.58. The number of piperidine rings is 1. The van der Waals surface area contributed by atoms with Crippen LogP contribution in [-0.4, -0.2) is 42.2 Å². The molecular weight excluding hydrogens is 262 g/mol. The fraction of sp³-hybridized carbons (Fsp3) is 0.706. The van der Waals surface area contributed by atoms with Gasteiger partial charge in [0.2, 0.25) is 0 Å². The Morgan fingerprint density at radius 2 is 2.19 bits per heavy atom. The Morgan fingerprint density at radius 1 is 1.38 bits per heavy atom. The minimum Gasteiger partial charge on any atom is -0.497 e. The lowest BCUT2D eigenvalue weighted by Crippen LogP contribution is -2.46. The molecule has 2 heterocycles. The fourth-order valence-electron chi connectivity index (χ4n) is 2.98. The molecule has 4 nitrogen and oxygen atoms in total. The molecule has 1 saturated heterocycles. The summed E-state index contributed by atoms with van der Waals surface area (Å²) in [6.07, 6.45) is 3.91. The largest absolute Gasteiger partial charge is 0.497 e. The number of hydrogen-bond donors (Lipinski definition) is 1. The molecule has 1 aromatic rings. The van der Waals surface area contributed by atoms with Crippen molar-refractivity contribution in [3.8, 4) is 5.75 Å². The Labute approximate surface area is 128 Å². The van der Waals surface area contributed by atoms with Crippen LogP contribution in [0.5, 0.6) is 5.75 Å². The molecule has 0 amide bonds. The van der Waals surface area contributed by atoms with Crippen LogP contribution in [-0.2, 0) is 6.54 Å². The highest BCUT2D eigenvalue weighted by Crippen LogP contribution is 2.21. The van der Waals surface area contributed by atoms with Crippen LogP contribution in [0.15, 0.2) is 12.1 Å². The van der Waals surface area contributed by atoms with E-state index in [4.69, 9.17) is 4.74 Å². The van der Waals surface area contributed by atoms with E-state index in [0.717, 1.165) is 30.2 Å². The van der Waals surface area contributed by atoms with Crippen LogP contribution in [0.4, 0.5) is 0 Å². The number of hydrogen-bond acceptors (Lipinski definition) is 4. The van der Waals surface area contributed by atoms with Crippen molar-refractivity contribution in [1.82, 2.24) is 15.2 Å². The van der Waals surface area contributed by atoms with Gasteiger partial charge in [0.15, 0.2) is 0 Å². The minimum absolute atomic E-state index is 0.547. The summed E-state index contributed by atoms with van der Waals surface area (Å²) in [5.74, 6) is 0.909. The Balaban J connectivity index is 2.02. The predicted octanol–water partition coefficient (Wildman–Crippen LogP) is 2.75. The SMILES string of the molecule is COc1cc(C)nc(CN2CCCCC2CNC(C)C)c1. The maximum Gasteiger partial charge on any atom is 0.122 e. The normalized spacial score (nSPS) is 20.0. The van der Waals surface area contributed by atoms with Crippen LogP contribution in [0.3, 0.4) is 0 Å². The van der Waals surface area contributed by atoms with Gasteiger partial charge in [-0.25, -0.2) is 0 Å². The molecule has 1 aromatic heterocycles. The minimum atomic E-state index is 0.547. The molecular formula is C17H29N3O. The summed E-state index contributed by atoms with van der Waals surface area (Å²) in [6, 6.07) is 5.21. The average molecular weight is 291 g/mol. The van der Waals surface area contributed by atoms with Crippen molar-refractivity contribution in [2.45, 2.75) is 58.7 Å². The number of likely N-dealkylation sites (tertiary alicyclic amines) is 1. The summed E-state index contributed by atoms with van der Waals surface area (Å²) in [4.78, 5) is 7.23. The van der Waals surface area contributed by atoms with E-state index in [2.05, 4.69) is 35.1 Å². The van der Waals surface area contributed by atoms with Gasteiger partial charge in [-0.05, 0) is 26.3 Å². The van der Waals surface area contributed by atoms with E-state index in [-0.39, 0.29) is 0 Å². The van der Waals surface area contributed by atoms with Crippen molar-refractivity contribution < 1.29 is 4.74 Å². The first kappa shape index (κ1) is 16.2. The maximum absolute atomic E-state index is 5.36. The van der Waals surface area contributed by atoms with Gasteiger partial charge in [0.05, 0.1) is 12.8 Å². The van der Waals surface area contributed by atoms with Gasteiger partial charge in [0.1, 0.15) is 5.75 Å². The third kappa shape index (κ3) is 4.97. The summed E-state index contributed by atoms with van der Waals surface area (Å²) in [5.41, 5.74) is 2.14. The zero-order valence-electron chi connectivity index (χ0n) is 13.9. The smallest absolute Gasteiger partial charge is 0.122 e. The van der Waals surface area contributed by atoms with Gasteiger partial charge >= 0.3 is 0 Å². The third-order valence-electron chi connectivity index (χ3n) is 4.09. The number of aryl methyl sites for hydroxylation is 1. The van der Waals surface area contributed by atoms with Crippen molar-refractivity contribution in [3.63, 3.8) is 0 Å². The molecule has 0 saturated carbocycles. The number of methoxy groups -OCH3 is 1. The number of nitrogens with zero attached hydrogens (tertiary/aromatic N) is 2. The lowest BCUT2D eigenvalue weighted by atomic mass is 10.0. The molecule has 0 aliphatic carbocycles. The Morgan fingerprint density at radius 3 is 2.90 bits per heavy atom. The van der Waals surface area contributed by atoms with E-state index in [1.807, 2.05) is 13.0 Å². The molecule has 2 rings (SSSR count). The summed E-state index contributed by atoms with van der Waals surface area (Å²) >= 11 is 0. The van der Waals surface area contributed by atoms with Gasteiger partial charge in [-0.1, -0.05) is 20.3 Å². The van der Waals surface area contributed by atoms with Crippen molar-refractivity contribution in [3.05, 3.63) is 23.5 Å². The predicted molar refractivity (Wildman–Crippen MR) is 86.7 cm³/mol. The number of pyridine rings is 1. The van der Waals surface area contributed by atoms with Crippen molar-refractivity contribution in [1.29, 1.82) is 0 Å². The lowest BCUT2D eigenvalue weighted by Gasteiger charge is -2.36. The molecule has 4 heteroatoms. The molecule has 21 heavy (non-hydrogen) atoms. The lowest BCUT2D eigenvalue weighted by molar-refractivity contribution is 0.134. The summed E-state index contributed by atoms with van der Waals surface area (Å²) in [6.45, 7) is 9.60. The van der Waals surface area contributed by atoms with E-state index in [0.29, 0.717) is 12.1 Å². The first-order chi connectivity index (χ1) is 10.1. The van der Waals surface area contributed by atoms with Crippen LogP contribution >= 0.6 is 0 Å². The van der Waals surface area contributed by atoms with E-state index < -0.39 is 0 Å². The monoisotopic (exact) mass is 291 g/mol. The van der Waals surface area contributed by atoms with Crippen LogP contribution in [0, 0.1) is 6.92 Å². The molecule has 0 aromatic carbocycles. The standard InChI is InChI=1S/C17H29N3O/c1-13(2)18-11-16-7-5-6-8-20(16)12-15-10-17(21-4)9-14(3)19-15/h9-10,13,16,18H,5-8,11-12H2,1-4H3. The number of ether oxygens (including phenoxy) is 1. The second-order valence-corrected chi connectivity index (χ2v) is 6.32. The zero-order valence-corrected chi connectivity index (χ0v) is 13.9. The topological polar surface area (TPSA) is 37.4 Å². The average Bonchev–Trinajstić information content (AvgIpc) is 2.45. The van der Waals surface area contributed by atoms with Gasteiger partial charge in [0, 0.05) is 43.0 Å². The second-order valence-electron chi connectivity index (χ2n) is 6.32. The maximum atomic E-state index is 5.36. The number of rotatable bonds is 6. The van der Waals surface area contributed by atoms with Gasteiger partial charge in [-0.2, -0.15) is 0 Å². The van der Waals surface area contributed by atoms with Crippen molar-refractivity contribution in [2.75, 3.05) is 20.2 Å². The summed E-state index contributed by atoms with van der Waals surface area (Å²) in [7, 11) is 1.72. The molecule has 118 valence electrons. The molecule has 0 bridgehead atoms. The molecule has 1 unspecified atom stereocenters. The van der Waals surface area contributed by atoms with Gasteiger partial charge < -0.3 is 10.1 Å². The highest BCUT2D eigenvalue weighted by atomic mass is 16.5. The van der Waals surface area contributed by atoms with E-state index in [9.17, 15) is 0 Å². The molecule has 1 fully saturated rings. The van der Waals surface area contributed by atoms with Crippen LogP contribution in [0.2, 0.25) is 0 Å².